The van der Waals surface area contributed by atoms with E-state index in [2.05, 4.69) is 10.3 Å². The van der Waals surface area contributed by atoms with Crippen LogP contribution in [0.15, 0.2) is 9.59 Å². The molecule has 15 heavy (non-hydrogen) atoms. The molecule has 2 rings (SSSR count). The van der Waals surface area contributed by atoms with Crippen molar-refractivity contribution in [2.24, 2.45) is 14.1 Å². The Hall–Kier alpha value is -1.63. The molecule has 2 aromatic heterocycles. The molecule has 0 aliphatic heterocycles. The first kappa shape index (κ1) is 9.91. The van der Waals surface area contributed by atoms with Crippen LogP contribution in [0.25, 0.3) is 10.3 Å². The van der Waals surface area contributed by atoms with Gasteiger partial charge in [0.05, 0.1) is 0 Å². The summed E-state index contributed by atoms with van der Waals surface area (Å²) in [6.45, 7) is 0. The van der Waals surface area contributed by atoms with Gasteiger partial charge in [0.2, 0.25) is 0 Å². The Morgan fingerprint density at radius 2 is 1.93 bits per heavy atom. The predicted molar refractivity (Wildman–Crippen MR) is 59.6 cm³/mol. The molecule has 0 bridgehead atoms. The summed E-state index contributed by atoms with van der Waals surface area (Å²) in [6, 6.07) is 0. The first-order valence-electron chi connectivity index (χ1n) is 4.30. The molecule has 0 radical (unpaired) electrons. The molecule has 2 heterocycles. The summed E-state index contributed by atoms with van der Waals surface area (Å²) >= 11 is 1.25. The Bertz CT molecular complexity index is 636. The van der Waals surface area contributed by atoms with Gasteiger partial charge in [0.1, 0.15) is 4.70 Å². The van der Waals surface area contributed by atoms with E-state index in [9.17, 15) is 9.59 Å². The molecule has 80 valence electrons. The standard InChI is InChI=1S/C8H10N4O2S/c1-9-7-10-5-4(15-7)6(13)12(3)8(14)11(5)2/h1-3H3,(H,9,10). The minimum Gasteiger partial charge on any atom is -0.365 e. The molecule has 6 nitrogen and oxygen atoms in total. The van der Waals surface area contributed by atoms with Crippen molar-refractivity contribution in [3.63, 3.8) is 0 Å². The summed E-state index contributed by atoms with van der Waals surface area (Å²) in [6.07, 6.45) is 0. The fourth-order valence-electron chi connectivity index (χ4n) is 1.34. The number of aryl methyl sites for hydroxylation is 1. The second-order valence-corrected chi connectivity index (χ2v) is 4.13. The van der Waals surface area contributed by atoms with Crippen molar-refractivity contribution < 1.29 is 0 Å². The van der Waals surface area contributed by atoms with Gasteiger partial charge in [-0.05, 0) is 0 Å². The largest absolute Gasteiger partial charge is 0.365 e. The van der Waals surface area contributed by atoms with Crippen molar-refractivity contribution in [1.29, 1.82) is 0 Å². The van der Waals surface area contributed by atoms with Crippen LogP contribution in [0.4, 0.5) is 5.13 Å². The van der Waals surface area contributed by atoms with Crippen LogP contribution in [-0.2, 0) is 14.1 Å². The average molecular weight is 226 g/mol. The number of nitrogens with zero attached hydrogens (tertiary/aromatic N) is 3. The predicted octanol–water partition coefficient (Wildman–Crippen LogP) is -0.265. The fourth-order valence-corrected chi connectivity index (χ4v) is 2.27. The lowest BCUT2D eigenvalue weighted by atomic mass is 10.5. The van der Waals surface area contributed by atoms with Gasteiger partial charge in [0.15, 0.2) is 10.8 Å². The lowest BCUT2D eigenvalue weighted by Crippen LogP contribution is -2.36. The van der Waals surface area contributed by atoms with Crippen LogP contribution in [0.5, 0.6) is 0 Å². The number of thiazole rings is 1. The minimum atomic E-state index is -0.361. The lowest BCUT2D eigenvalue weighted by molar-refractivity contribution is 0.710. The van der Waals surface area contributed by atoms with Gasteiger partial charge < -0.3 is 5.32 Å². The van der Waals surface area contributed by atoms with Crippen molar-refractivity contribution in [1.82, 2.24) is 14.1 Å². The maximum atomic E-state index is 11.7. The highest BCUT2D eigenvalue weighted by Crippen LogP contribution is 2.20. The second-order valence-electron chi connectivity index (χ2n) is 3.13. The van der Waals surface area contributed by atoms with Gasteiger partial charge in [-0.3, -0.25) is 13.9 Å². The average Bonchev–Trinajstić information content (AvgIpc) is 2.67. The van der Waals surface area contributed by atoms with Crippen LogP contribution >= 0.6 is 11.3 Å². The van der Waals surface area contributed by atoms with Crippen molar-refractivity contribution in [2.75, 3.05) is 12.4 Å². The zero-order chi connectivity index (χ0) is 11.2. The van der Waals surface area contributed by atoms with Gasteiger partial charge in [-0.25, -0.2) is 9.78 Å². The molecule has 0 aromatic carbocycles. The molecule has 0 fully saturated rings. The van der Waals surface area contributed by atoms with Crippen LogP contribution in [0, 0.1) is 0 Å². The molecule has 0 atom stereocenters. The monoisotopic (exact) mass is 226 g/mol. The van der Waals surface area contributed by atoms with Crippen LogP contribution < -0.4 is 16.6 Å². The summed E-state index contributed by atoms with van der Waals surface area (Å²) in [4.78, 5) is 27.4. The highest BCUT2D eigenvalue weighted by atomic mass is 32.1. The second kappa shape index (κ2) is 3.20. The molecule has 0 aliphatic rings. The normalized spacial score (nSPS) is 10.9. The van der Waals surface area contributed by atoms with E-state index in [1.807, 2.05) is 0 Å². The van der Waals surface area contributed by atoms with Gasteiger partial charge in [0.25, 0.3) is 5.56 Å². The number of fused-ring (bicyclic) bond motifs is 1. The molecule has 0 spiro atoms. The molecule has 7 heteroatoms. The number of rotatable bonds is 1. The van der Waals surface area contributed by atoms with E-state index in [1.165, 1.54) is 23.0 Å². The summed E-state index contributed by atoms with van der Waals surface area (Å²) in [5.74, 6) is 0. The molecule has 2 aromatic rings. The number of aromatic nitrogens is 3. The zero-order valence-electron chi connectivity index (χ0n) is 8.57. The van der Waals surface area contributed by atoms with E-state index in [0.29, 0.717) is 15.5 Å². The highest BCUT2D eigenvalue weighted by molar-refractivity contribution is 7.22. The van der Waals surface area contributed by atoms with E-state index in [1.54, 1.807) is 14.1 Å². The molecule has 0 aliphatic carbocycles. The van der Waals surface area contributed by atoms with Crippen molar-refractivity contribution >= 4 is 26.8 Å². The SMILES string of the molecule is CNc1nc2c(s1)c(=O)n(C)c(=O)n2C. The van der Waals surface area contributed by atoms with E-state index < -0.39 is 0 Å². The first-order chi connectivity index (χ1) is 7.06. The molecule has 1 N–H and O–H groups in total. The lowest BCUT2D eigenvalue weighted by Gasteiger charge is -2.00. The Balaban J connectivity index is 3.04. The molecular formula is C8H10N4O2S. The van der Waals surface area contributed by atoms with Crippen molar-refractivity contribution in [2.45, 2.75) is 0 Å². The van der Waals surface area contributed by atoms with Gasteiger partial charge in [-0.15, -0.1) is 0 Å². The number of hydrogen-bond acceptors (Lipinski definition) is 5. The fraction of sp³-hybridized carbons (Fsp3) is 0.375. The highest BCUT2D eigenvalue weighted by Gasteiger charge is 2.12. The Morgan fingerprint density at radius 3 is 2.53 bits per heavy atom. The van der Waals surface area contributed by atoms with E-state index in [4.69, 9.17) is 0 Å². The Morgan fingerprint density at radius 1 is 1.27 bits per heavy atom. The van der Waals surface area contributed by atoms with E-state index in [0.717, 1.165) is 4.57 Å². The summed E-state index contributed by atoms with van der Waals surface area (Å²) in [5, 5.41) is 3.48. The van der Waals surface area contributed by atoms with Crippen molar-refractivity contribution in [3.8, 4) is 0 Å². The van der Waals surface area contributed by atoms with E-state index in [-0.39, 0.29) is 11.2 Å². The Labute approximate surface area is 88.8 Å². The van der Waals surface area contributed by atoms with Gasteiger partial charge in [0, 0.05) is 21.1 Å². The van der Waals surface area contributed by atoms with E-state index >= 15 is 0 Å². The topological polar surface area (TPSA) is 68.9 Å². The quantitative estimate of drug-likeness (QED) is 0.727. The maximum Gasteiger partial charge on any atom is 0.332 e. The molecular weight excluding hydrogens is 216 g/mol. The summed E-state index contributed by atoms with van der Waals surface area (Å²) < 4.78 is 2.94. The van der Waals surface area contributed by atoms with Gasteiger partial charge in [-0.2, -0.15) is 0 Å². The molecule has 0 amide bonds. The Kier molecular flexibility index (Phi) is 2.11. The van der Waals surface area contributed by atoms with Gasteiger partial charge in [-0.1, -0.05) is 11.3 Å². The number of nitrogens with one attached hydrogen (secondary N) is 1. The summed E-state index contributed by atoms with van der Waals surface area (Å²) in [7, 11) is 4.78. The number of hydrogen-bond donors (Lipinski definition) is 1. The molecule has 0 saturated heterocycles. The summed E-state index contributed by atoms with van der Waals surface area (Å²) in [5.41, 5.74) is -0.231. The van der Waals surface area contributed by atoms with Gasteiger partial charge >= 0.3 is 5.69 Å². The third-order valence-electron chi connectivity index (χ3n) is 2.21. The first-order valence-corrected chi connectivity index (χ1v) is 5.12. The van der Waals surface area contributed by atoms with Crippen LogP contribution in [0.1, 0.15) is 0 Å². The molecule has 0 unspecified atom stereocenters. The minimum absolute atomic E-state index is 0.299. The number of anilines is 1. The zero-order valence-corrected chi connectivity index (χ0v) is 9.38. The van der Waals surface area contributed by atoms with Crippen molar-refractivity contribution in [3.05, 3.63) is 20.8 Å². The van der Waals surface area contributed by atoms with Crippen LogP contribution in [0.3, 0.4) is 0 Å². The van der Waals surface area contributed by atoms with Crippen LogP contribution in [-0.4, -0.2) is 21.2 Å². The smallest absolute Gasteiger partial charge is 0.332 e. The molecule has 0 saturated carbocycles. The van der Waals surface area contributed by atoms with Crippen LogP contribution in [0.2, 0.25) is 0 Å². The third-order valence-corrected chi connectivity index (χ3v) is 3.26. The third kappa shape index (κ3) is 1.27. The maximum absolute atomic E-state index is 11.7.